The first-order valence-corrected chi connectivity index (χ1v) is 9.04. The first-order chi connectivity index (χ1) is 13.1. The maximum atomic E-state index is 13.6. The third-order valence-corrected chi connectivity index (χ3v) is 4.96. The number of amides is 1. The lowest BCUT2D eigenvalue weighted by Gasteiger charge is -2.34. The Morgan fingerprint density at radius 2 is 1.89 bits per heavy atom. The zero-order valence-electron chi connectivity index (χ0n) is 16.4. The van der Waals surface area contributed by atoms with E-state index in [4.69, 9.17) is 4.84 Å². The van der Waals surface area contributed by atoms with E-state index in [2.05, 4.69) is 4.98 Å². The number of hydrogen-bond donors (Lipinski definition) is 0. The van der Waals surface area contributed by atoms with Crippen molar-refractivity contribution < 1.29 is 23.2 Å². The monoisotopic (exact) mass is 386 g/mol. The number of aromatic nitrogens is 1. The van der Waals surface area contributed by atoms with Crippen molar-refractivity contribution in [3.8, 4) is 0 Å². The third kappa shape index (κ3) is 5.18. The molecule has 1 atom stereocenters. The Labute approximate surface area is 164 Å². The highest BCUT2D eigenvalue weighted by atomic mass is 19.1. The zero-order chi connectivity index (χ0) is 20.9. The minimum atomic E-state index is -0.851. The highest BCUT2D eigenvalue weighted by Crippen LogP contribution is 2.34. The summed E-state index contributed by atoms with van der Waals surface area (Å²) in [4.78, 5) is 34.8. The topological polar surface area (TPSA) is 59.5 Å². The van der Waals surface area contributed by atoms with E-state index in [9.17, 15) is 18.4 Å². The van der Waals surface area contributed by atoms with Gasteiger partial charge < -0.3 is 4.84 Å². The average Bonchev–Trinajstić information content (AvgIpc) is 2.65. The van der Waals surface area contributed by atoms with Crippen molar-refractivity contribution in [3.63, 3.8) is 0 Å². The maximum Gasteiger partial charge on any atom is 0.364 e. The number of hydrogen-bond acceptors (Lipinski definition) is 4. The van der Waals surface area contributed by atoms with Crippen LogP contribution in [0.5, 0.6) is 0 Å². The SMILES string of the molecule is BCC(B)C(C)(C)C(=O)N(Cc1cc(F)cc(F)c1)OC(=O)c1cccnc1. The second-order valence-corrected chi connectivity index (χ2v) is 7.27. The fourth-order valence-electron chi connectivity index (χ4n) is 2.69. The Morgan fingerprint density at radius 1 is 1.25 bits per heavy atom. The summed E-state index contributed by atoms with van der Waals surface area (Å²) in [7, 11) is 3.87. The van der Waals surface area contributed by atoms with Gasteiger partial charge in [-0.3, -0.25) is 9.78 Å². The van der Waals surface area contributed by atoms with Crippen molar-refractivity contribution in [2.24, 2.45) is 5.41 Å². The summed E-state index contributed by atoms with van der Waals surface area (Å²) in [6.07, 6.45) is 3.55. The molecule has 5 nitrogen and oxygen atoms in total. The van der Waals surface area contributed by atoms with Gasteiger partial charge >= 0.3 is 5.97 Å². The molecule has 0 radical (unpaired) electrons. The largest absolute Gasteiger partial charge is 0.364 e. The number of pyridine rings is 1. The molecule has 1 aromatic carbocycles. The summed E-state index contributed by atoms with van der Waals surface area (Å²) in [5.41, 5.74) is -0.521. The fraction of sp³-hybridized carbons (Fsp3) is 0.316. The number of benzene rings is 1. The Kier molecular flexibility index (Phi) is 6.94. The summed E-state index contributed by atoms with van der Waals surface area (Å²) in [6, 6.07) is 5.99. The van der Waals surface area contributed by atoms with E-state index in [1.807, 2.05) is 15.7 Å². The van der Waals surface area contributed by atoms with E-state index in [0.29, 0.717) is 0 Å². The Morgan fingerprint density at radius 3 is 2.43 bits per heavy atom. The molecule has 0 N–H and O–H groups in total. The van der Waals surface area contributed by atoms with Gasteiger partial charge in [0.1, 0.15) is 27.3 Å². The van der Waals surface area contributed by atoms with Gasteiger partial charge in [-0.05, 0) is 29.8 Å². The van der Waals surface area contributed by atoms with Gasteiger partial charge in [0.2, 0.25) is 0 Å². The van der Waals surface area contributed by atoms with Gasteiger partial charge in [0.15, 0.2) is 0 Å². The molecule has 0 saturated heterocycles. The normalized spacial score (nSPS) is 12.3. The second-order valence-electron chi connectivity index (χ2n) is 7.27. The van der Waals surface area contributed by atoms with Crippen LogP contribution in [-0.2, 0) is 16.2 Å². The molecule has 2 aromatic rings. The van der Waals surface area contributed by atoms with Crippen molar-refractivity contribution in [2.45, 2.75) is 32.5 Å². The van der Waals surface area contributed by atoms with Gasteiger partial charge in [0.25, 0.3) is 5.91 Å². The highest BCUT2D eigenvalue weighted by Gasteiger charge is 2.38. The highest BCUT2D eigenvalue weighted by molar-refractivity contribution is 6.21. The summed E-state index contributed by atoms with van der Waals surface area (Å²) < 4.78 is 27.1. The predicted octanol–water partition coefficient (Wildman–Crippen LogP) is 1.96. The number of carbonyl (C=O) groups excluding carboxylic acids is 2. The Balaban J connectivity index is 2.34. The number of hydroxylamine groups is 2. The molecule has 0 aliphatic carbocycles. The first kappa shape index (κ1) is 21.6. The zero-order valence-corrected chi connectivity index (χ0v) is 16.4. The molecule has 0 aliphatic heterocycles. The standard InChI is InChI=1S/C19H22B2F2N2O3/c1-19(2,16(21)9-20)18(27)25(11-12-6-14(22)8-15(23)7-12)28-17(26)13-4-3-5-24-10-13/h3-8,10,16H,9,11,20-21H2,1-2H3. The minimum Gasteiger partial charge on any atom is -0.332 e. The minimum absolute atomic E-state index is 0.0103. The summed E-state index contributed by atoms with van der Waals surface area (Å²) in [5.74, 6) is -2.80. The van der Waals surface area contributed by atoms with Crippen LogP contribution in [0.3, 0.4) is 0 Å². The van der Waals surface area contributed by atoms with Gasteiger partial charge in [-0.2, -0.15) is 5.06 Å². The first-order valence-electron chi connectivity index (χ1n) is 9.04. The van der Waals surface area contributed by atoms with Crippen molar-refractivity contribution in [1.29, 1.82) is 0 Å². The molecule has 9 heteroatoms. The van der Waals surface area contributed by atoms with Crippen LogP contribution in [0.25, 0.3) is 0 Å². The molecule has 0 spiro atoms. The van der Waals surface area contributed by atoms with E-state index >= 15 is 0 Å². The molecule has 0 saturated carbocycles. The van der Waals surface area contributed by atoms with E-state index in [1.165, 1.54) is 18.5 Å². The molecule has 0 bridgehead atoms. The van der Waals surface area contributed by atoms with Crippen LogP contribution in [0, 0.1) is 17.0 Å². The van der Waals surface area contributed by atoms with Crippen LogP contribution in [0.2, 0.25) is 12.1 Å². The van der Waals surface area contributed by atoms with Gasteiger partial charge in [0, 0.05) is 23.9 Å². The van der Waals surface area contributed by atoms with E-state index in [-0.39, 0.29) is 23.5 Å². The number of nitrogens with zero attached hydrogens (tertiary/aromatic N) is 2. The van der Waals surface area contributed by atoms with Crippen LogP contribution < -0.4 is 0 Å². The molecular formula is C19H22B2F2N2O3. The quantitative estimate of drug-likeness (QED) is 0.563. The summed E-state index contributed by atoms with van der Waals surface area (Å²) >= 11 is 0. The molecule has 0 fully saturated rings. The molecule has 0 aliphatic rings. The number of carbonyl (C=O) groups is 2. The van der Waals surface area contributed by atoms with Gasteiger partial charge in [-0.1, -0.05) is 26.0 Å². The van der Waals surface area contributed by atoms with E-state index in [1.54, 1.807) is 19.9 Å². The molecule has 1 heterocycles. The van der Waals surface area contributed by atoms with Gasteiger partial charge in [0.05, 0.1) is 12.1 Å². The van der Waals surface area contributed by atoms with Crippen molar-refractivity contribution in [2.75, 3.05) is 0 Å². The molecule has 2 rings (SSSR count). The van der Waals surface area contributed by atoms with E-state index in [0.717, 1.165) is 29.6 Å². The predicted molar refractivity (Wildman–Crippen MR) is 106 cm³/mol. The van der Waals surface area contributed by atoms with Crippen molar-refractivity contribution in [1.82, 2.24) is 10.0 Å². The van der Waals surface area contributed by atoms with E-state index < -0.39 is 28.9 Å². The van der Waals surface area contributed by atoms with Crippen LogP contribution in [0.4, 0.5) is 8.78 Å². The molecule has 146 valence electrons. The van der Waals surface area contributed by atoms with Crippen LogP contribution in [0.1, 0.15) is 29.8 Å². The smallest absolute Gasteiger partial charge is 0.332 e. The molecule has 1 amide bonds. The number of rotatable bonds is 6. The Bertz CT molecular complexity index is 830. The number of halogens is 2. The van der Waals surface area contributed by atoms with Crippen LogP contribution in [0.15, 0.2) is 42.7 Å². The van der Waals surface area contributed by atoms with Gasteiger partial charge in [-0.25, -0.2) is 13.6 Å². The lowest BCUT2D eigenvalue weighted by Crippen LogP contribution is -2.44. The molecule has 28 heavy (non-hydrogen) atoms. The average molecular weight is 386 g/mol. The third-order valence-electron chi connectivity index (χ3n) is 4.96. The van der Waals surface area contributed by atoms with Crippen molar-refractivity contribution in [3.05, 3.63) is 65.5 Å². The molecule has 1 unspecified atom stereocenters. The lowest BCUT2D eigenvalue weighted by atomic mass is 9.61. The lowest BCUT2D eigenvalue weighted by molar-refractivity contribution is -0.180. The molecular weight excluding hydrogens is 364 g/mol. The fourth-order valence-corrected chi connectivity index (χ4v) is 2.69. The summed E-state index contributed by atoms with van der Waals surface area (Å²) in [5, 5.41) is 0.871. The van der Waals surface area contributed by atoms with Crippen LogP contribution >= 0.6 is 0 Å². The van der Waals surface area contributed by atoms with Crippen LogP contribution in [-0.4, -0.2) is 37.6 Å². The van der Waals surface area contributed by atoms with Gasteiger partial charge in [-0.15, -0.1) is 0 Å². The van der Waals surface area contributed by atoms with Crippen molar-refractivity contribution >= 4 is 27.6 Å². The Hall–Kier alpha value is -2.70. The molecule has 1 aromatic heterocycles. The second kappa shape index (κ2) is 8.99. The maximum absolute atomic E-state index is 13.6. The summed E-state index contributed by atoms with van der Waals surface area (Å²) in [6.45, 7) is 3.22.